The van der Waals surface area contributed by atoms with Crippen molar-refractivity contribution in [3.05, 3.63) is 11.8 Å². The van der Waals surface area contributed by atoms with Gasteiger partial charge in [0.05, 0.1) is 0 Å². The fourth-order valence-electron chi connectivity index (χ4n) is 2.45. The number of allylic oxidation sites excluding steroid dienone is 2. The molecule has 0 bridgehead atoms. The van der Waals surface area contributed by atoms with Gasteiger partial charge >= 0.3 is 0 Å². The molecule has 0 rings (SSSR count). The topological polar surface area (TPSA) is 29.5 Å². The zero-order valence-corrected chi connectivity index (χ0v) is 13.8. The van der Waals surface area contributed by atoms with Crippen LogP contribution in [-0.2, 0) is 4.89 Å². The van der Waals surface area contributed by atoms with Crippen LogP contribution < -0.4 is 0 Å². The third-order valence-electron chi connectivity index (χ3n) is 3.82. The van der Waals surface area contributed by atoms with Gasteiger partial charge in [0.15, 0.2) is 0 Å². The van der Waals surface area contributed by atoms with Crippen molar-refractivity contribution < 1.29 is 10.1 Å². The molecule has 0 aliphatic rings. The molecule has 0 heterocycles. The molecule has 0 fully saturated rings. The quantitative estimate of drug-likeness (QED) is 0.154. The number of rotatable bonds is 15. The van der Waals surface area contributed by atoms with Crippen molar-refractivity contribution in [3.63, 3.8) is 0 Å². The van der Waals surface area contributed by atoms with Crippen molar-refractivity contribution in [1.29, 1.82) is 0 Å². The molecular weight excluding hydrogens is 248 g/mol. The van der Waals surface area contributed by atoms with Gasteiger partial charge in [0.25, 0.3) is 0 Å². The molecule has 0 unspecified atom stereocenters. The summed E-state index contributed by atoms with van der Waals surface area (Å²) < 4.78 is 0. The highest BCUT2D eigenvalue weighted by Gasteiger charge is 1.99. The van der Waals surface area contributed by atoms with Crippen LogP contribution in [0.4, 0.5) is 0 Å². The van der Waals surface area contributed by atoms with Gasteiger partial charge in [-0.05, 0) is 25.3 Å². The second-order valence-corrected chi connectivity index (χ2v) is 5.84. The van der Waals surface area contributed by atoms with Crippen molar-refractivity contribution in [2.45, 2.75) is 104 Å². The molecule has 2 heteroatoms. The molecule has 0 aromatic heterocycles. The fraction of sp³-hybridized carbons (Fsp3) is 0.889. The average molecular weight is 284 g/mol. The van der Waals surface area contributed by atoms with Gasteiger partial charge in [-0.25, -0.2) is 5.26 Å². The molecule has 0 aromatic carbocycles. The zero-order chi connectivity index (χ0) is 14.9. The van der Waals surface area contributed by atoms with Gasteiger partial charge in [0.1, 0.15) is 5.76 Å². The van der Waals surface area contributed by atoms with E-state index in [1.165, 1.54) is 70.6 Å². The van der Waals surface area contributed by atoms with Gasteiger partial charge in [0.2, 0.25) is 0 Å². The first-order chi connectivity index (χ1) is 9.85. The maximum atomic E-state index is 8.87. The standard InChI is InChI=1S/C18H36O2/c1-3-5-7-9-11-13-15-17-18(20-19)16-14-12-10-8-6-4-2/h17,19H,3-16H2,1-2H3/b18-17-. The Labute approximate surface area is 126 Å². The van der Waals surface area contributed by atoms with E-state index in [0.717, 1.165) is 25.0 Å². The predicted molar refractivity (Wildman–Crippen MR) is 87.8 cm³/mol. The van der Waals surface area contributed by atoms with Crippen molar-refractivity contribution in [3.8, 4) is 0 Å². The number of hydrogen-bond donors (Lipinski definition) is 1. The van der Waals surface area contributed by atoms with E-state index >= 15 is 0 Å². The maximum Gasteiger partial charge on any atom is 0.138 e. The van der Waals surface area contributed by atoms with Crippen LogP contribution >= 0.6 is 0 Å². The van der Waals surface area contributed by atoms with Gasteiger partial charge in [-0.3, -0.25) is 0 Å². The summed E-state index contributed by atoms with van der Waals surface area (Å²) in [6.45, 7) is 4.48. The van der Waals surface area contributed by atoms with Gasteiger partial charge in [-0.2, -0.15) is 0 Å². The van der Waals surface area contributed by atoms with Crippen LogP contribution in [0.25, 0.3) is 0 Å². The molecule has 20 heavy (non-hydrogen) atoms. The summed E-state index contributed by atoms with van der Waals surface area (Å²) in [5.41, 5.74) is 0. The first-order valence-corrected chi connectivity index (χ1v) is 8.85. The summed E-state index contributed by atoms with van der Waals surface area (Å²) in [4.78, 5) is 4.48. The third kappa shape index (κ3) is 13.9. The molecule has 0 atom stereocenters. The molecule has 0 saturated heterocycles. The van der Waals surface area contributed by atoms with E-state index in [0.29, 0.717) is 0 Å². The van der Waals surface area contributed by atoms with Gasteiger partial charge in [0, 0.05) is 6.42 Å². The smallest absolute Gasteiger partial charge is 0.138 e. The summed E-state index contributed by atoms with van der Waals surface area (Å²) in [5, 5.41) is 8.87. The summed E-state index contributed by atoms with van der Waals surface area (Å²) >= 11 is 0. The monoisotopic (exact) mass is 284 g/mol. The first-order valence-electron chi connectivity index (χ1n) is 8.85. The van der Waals surface area contributed by atoms with E-state index in [1.54, 1.807) is 0 Å². The Kier molecular flexibility index (Phi) is 16.1. The van der Waals surface area contributed by atoms with E-state index in [4.69, 9.17) is 5.26 Å². The van der Waals surface area contributed by atoms with E-state index in [1.807, 2.05) is 0 Å². The third-order valence-corrected chi connectivity index (χ3v) is 3.82. The highest BCUT2D eigenvalue weighted by Crippen LogP contribution is 2.14. The van der Waals surface area contributed by atoms with Crippen LogP contribution in [-0.4, -0.2) is 5.26 Å². The predicted octanol–water partition coefficient (Wildman–Crippen LogP) is 6.86. The summed E-state index contributed by atoms with van der Waals surface area (Å²) in [7, 11) is 0. The molecule has 120 valence electrons. The van der Waals surface area contributed by atoms with E-state index in [9.17, 15) is 0 Å². The number of hydrogen-bond acceptors (Lipinski definition) is 2. The zero-order valence-electron chi connectivity index (χ0n) is 13.8. The van der Waals surface area contributed by atoms with Gasteiger partial charge in [-0.15, -0.1) is 0 Å². The molecule has 2 nitrogen and oxygen atoms in total. The lowest BCUT2D eigenvalue weighted by atomic mass is 10.1. The molecule has 0 amide bonds. The molecule has 1 N–H and O–H groups in total. The van der Waals surface area contributed by atoms with Crippen LogP contribution in [0.15, 0.2) is 11.8 Å². The Morgan fingerprint density at radius 3 is 1.80 bits per heavy atom. The molecule has 0 aliphatic carbocycles. The van der Waals surface area contributed by atoms with Crippen LogP contribution in [0.5, 0.6) is 0 Å². The van der Waals surface area contributed by atoms with E-state index in [2.05, 4.69) is 24.8 Å². The minimum absolute atomic E-state index is 0.772. The van der Waals surface area contributed by atoms with Crippen molar-refractivity contribution in [2.75, 3.05) is 0 Å². The van der Waals surface area contributed by atoms with Crippen LogP contribution in [0.3, 0.4) is 0 Å². The lowest BCUT2D eigenvalue weighted by Gasteiger charge is -2.04. The Bertz CT molecular complexity index is 211. The second-order valence-electron chi connectivity index (χ2n) is 5.84. The van der Waals surface area contributed by atoms with Crippen LogP contribution in [0, 0.1) is 0 Å². The minimum atomic E-state index is 0.772. The molecule has 0 aromatic rings. The highest BCUT2D eigenvalue weighted by molar-refractivity contribution is 4.91. The lowest BCUT2D eigenvalue weighted by Crippen LogP contribution is -1.89. The van der Waals surface area contributed by atoms with E-state index in [-0.39, 0.29) is 0 Å². The minimum Gasteiger partial charge on any atom is -0.345 e. The van der Waals surface area contributed by atoms with E-state index < -0.39 is 0 Å². The highest BCUT2D eigenvalue weighted by atomic mass is 17.1. The van der Waals surface area contributed by atoms with Gasteiger partial charge < -0.3 is 4.89 Å². The van der Waals surface area contributed by atoms with Gasteiger partial charge in [-0.1, -0.05) is 78.1 Å². The van der Waals surface area contributed by atoms with Crippen LogP contribution in [0.1, 0.15) is 104 Å². The second kappa shape index (κ2) is 16.6. The van der Waals surface area contributed by atoms with Crippen molar-refractivity contribution in [1.82, 2.24) is 0 Å². The molecule has 0 radical (unpaired) electrons. The Hall–Kier alpha value is -0.500. The summed E-state index contributed by atoms with van der Waals surface area (Å²) in [6, 6.07) is 0. The lowest BCUT2D eigenvalue weighted by molar-refractivity contribution is -0.206. The molecule has 0 saturated carbocycles. The Morgan fingerprint density at radius 2 is 1.25 bits per heavy atom. The molecule has 0 spiro atoms. The summed E-state index contributed by atoms with van der Waals surface area (Å²) in [6.07, 6.45) is 19.6. The normalized spacial score (nSPS) is 11.8. The molecule has 0 aliphatic heterocycles. The average Bonchev–Trinajstić information content (AvgIpc) is 2.47. The van der Waals surface area contributed by atoms with Crippen LogP contribution in [0.2, 0.25) is 0 Å². The van der Waals surface area contributed by atoms with Crippen molar-refractivity contribution >= 4 is 0 Å². The maximum absolute atomic E-state index is 8.87. The first kappa shape index (κ1) is 19.5. The number of unbranched alkanes of at least 4 members (excludes halogenated alkanes) is 11. The molecular formula is C18H36O2. The SMILES string of the molecule is CCCCCCCC/C=C(/CCCCCCCC)OO. The fourth-order valence-corrected chi connectivity index (χ4v) is 2.45. The Morgan fingerprint density at radius 1 is 0.750 bits per heavy atom. The largest absolute Gasteiger partial charge is 0.345 e. The van der Waals surface area contributed by atoms with Crippen molar-refractivity contribution in [2.24, 2.45) is 0 Å². The Balaban J connectivity index is 3.45. The summed E-state index contributed by atoms with van der Waals surface area (Å²) in [5.74, 6) is 0.772.